The van der Waals surface area contributed by atoms with Gasteiger partial charge in [0, 0.05) is 30.7 Å². The van der Waals surface area contributed by atoms with Gasteiger partial charge in [-0.1, -0.05) is 30.3 Å². The van der Waals surface area contributed by atoms with Crippen molar-refractivity contribution < 1.29 is 4.79 Å². The van der Waals surface area contributed by atoms with Crippen LogP contribution in [-0.2, 0) is 11.3 Å². The van der Waals surface area contributed by atoms with Crippen molar-refractivity contribution >= 4 is 35.0 Å². The number of amides is 1. The van der Waals surface area contributed by atoms with E-state index in [1.807, 2.05) is 23.6 Å². The fraction of sp³-hybridized carbons (Fsp3) is 0.278. The van der Waals surface area contributed by atoms with Gasteiger partial charge in [-0.05, 0) is 37.6 Å². The molecule has 0 aliphatic carbocycles. The smallest absolute Gasteiger partial charge is 0.237 e. The number of hydrogen-bond donors (Lipinski definition) is 1. The van der Waals surface area contributed by atoms with Gasteiger partial charge in [0.1, 0.15) is 0 Å². The molecule has 0 saturated heterocycles. The minimum atomic E-state index is -0.383. The summed E-state index contributed by atoms with van der Waals surface area (Å²) in [5, 5.41) is 12.0. The van der Waals surface area contributed by atoms with E-state index in [9.17, 15) is 4.79 Å². The van der Waals surface area contributed by atoms with Crippen LogP contribution in [-0.4, -0.2) is 35.9 Å². The van der Waals surface area contributed by atoms with Gasteiger partial charge in [0.15, 0.2) is 16.1 Å². The van der Waals surface area contributed by atoms with Crippen molar-refractivity contribution in [3.8, 4) is 11.4 Å². The third kappa shape index (κ3) is 4.64. The number of anilines is 1. The van der Waals surface area contributed by atoms with E-state index in [1.54, 1.807) is 30.7 Å². The number of aromatic nitrogens is 5. The van der Waals surface area contributed by atoms with Gasteiger partial charge >= 0.3 is 0 Å². The number of nitrogens with one attached hydrogen (secondary N) is 1. The summed E-state index contributed by atoms with van der Waals surface area (Å²) < 4.78 is 2.03. The summed E-state index contributed by atoms with van der Waals surface area (Å²) in [5.41, 5.74) is 1.43. The molecule has 0 radical (unpaired) electrons. The second-order valence-corrected chi connectivity index (χ2v) is 7.45. The number of pyridine rings is 2. The average molecular weight is 403 g/mol. The number of thioether (sulfide) groups is 1. The summed E-state index contributed by atoms with van der Waals surface area (Å²) in [6.45, 7) is 4.67. The van der Waals surface area contributed by atoms with Crippen molar-refractivity contribution in [2.24, 2.45) is 0 Å². The zero-order valence-corrected chi connectivity index (χ0v) is 16.5. The Bertz CT molecular complexity index is 917. The van der Waals surface area contributed by atoms with Crippen LogP contribution < -0.4 is 5.32 Å². The van der Waals surface area contributed by atoms with Crippen LogP contribution in [0.4, 0.5) is 5.69 Å². The number of hydrogen-bond acceptors (Lipinski definition) is 6. The molecule has 3 rings (SSSR count). The van der Waals surface area contributed by atoms with Gasteiger partial charge in [-0.15, -0.1) is 10.2 Å². The Labute approximate surface area is 166 Å². The van der Waals surface area contributed by atoms with E-state index in [2.05, 4.69) is 32.4 Å². The lowest BCUT2D eigenvalue weighted by molar-refractivity contribution is -0.115. The molecule has 3 aromatic heterocycles. The van der Waals surface area contributed by atoms with Crippen molar-refractivity contribution in [1.29, 1.82) is 0 Å². The second kappa shape index (κ2) is 8.96. The van der Waals surface area contributed by atoms with E-state index in [0.29, 0.717) is 10.8 Å². The Morgan fingerprint density at radius 2 is 2.04 bits per heavy atom. The summed E-state index contributed by atoms with van der Waals surface area (Å²) in [6, 6.07) is 7.22. The van der Waals surface area contributed by atoms with Gasteiger partial charge in [-0.3, -0.25) is 9.78 Å². The normalized spacial score (nSPS) is 12.0. The van der Waals surface area contributed by atoms with Crippen molar-refractivity contribution in [3.63, 3.8) is 0 Å². The minimum absolute atomic E-state index is 0.175. The third-order valence-electron chi connectivity index (χ3n) is 3.77. The Balaban J connectivity index is 1.77. The maximum absolute atomic E-state index is 12.5. The standard InChI is InChI=1S/C18H19ClN6OS/c1-3-11-25-16(13-6-9-20-10-7-13)23-24-18(25)27-12(2)17(26)22-14-5-4-8-21-15(14)19/h4-10,12H,3,11H2,1-2H3,(H,22,26)/t12-/m1/s1. The first-order valence-electron chi connectivity index (χ1n) is 8.51. The lowest BCUT2D eigenvalue weighted by Crippen LogP contribution is -2.23. The van der Waals surface area contributed by atoms with Gasteiger partial charge in [-0.25, -0.2) is 4.98 Å². The van der Waals surface area contributed by atoms with Gasteiger partial charge in [0.05, 0.1) is 10.9 Å². The summed E-state index contributed by atoms with van der Waals surface area (Å²) in [4.78, 5) is 20.5. The number of rotatable bonds is 7. The zero-order valence-electron chi connectivity index (χ0n) is 15.0. The van der Waals surface area contributed by atoms with E-state index in [0.717, 1.165) is 24.4 Å². The van der Waals surface area contributed by atoms with E-state index in [-0.39, 0.29) is 16.3 Å². The molecule has 3 heterocycles. The maximum atomic E-state index is 12.5. The number of nitrogens with zero attached hydrogens (tertiary/aromatic N) is 5. The fourth-order valence-corrected chi connectivity index (χ4v) is 3.48. The Kier molecular flexibility index (Phi) is 6.41. The predicted octanol–water partition coefficient (Wildman–Crippen LogP) is 3.92. The van der Waals surface area contributed by atoms with Crippen molar-refractivity contribution in [2.45, 2.75) is 37.2 Å². The topological polar surface area (TPSA) is 85.6 Å². The Morgan fingerprint density at radius 3 is 2.74 bits per heavy atom. The lowest BCUT2D eigenvalue weighted by Gasteiger charge is -2.13. The quantitative estimate of drug-likeness (QED) is 0.476. The van der Waals surface area contributed by atoms with Crippen molar-refractivity contribution in [2.75, 3.05) is 5.32 Å². The van der Waals surface area contributed by atoms with E-state index < -0.39 is 0 Å². The molecule has 0 aliphatic heterocycles. The monoisotopic (exact) mass is 402 g/mol. The first kappa shape index (κ1) is 19.3. The molecule has 3 aromatic rings. The molecular weight excluding hydrogens is 384 g/mol. The Hall–Kier alpha value is -2.45. The van der Waals surface area contributed by atoms with Crippen LogP contribution in [0, 0.1) is 0 Å². The van der Waals surface area contributed by atoms with Crippen LogP contribution in [0.25, 0.3) is 11.4 Å². The molecular formula is C18H19ClN6OS. The van der Waals surface area contributed by atoms with Gasteiger partial charge in [0.25, 0.3) is 0 Å². The van der Waals surface area contributed by atoms with Crippen LogP contribution in [0.2, 0.25) is 5.15 Å². The first-order valence-corrected chi connectivity index (χ1v) is 9.77. The van der Waals surface area contributed by atoms with Crippen molar-refractivity contribution in [3.05, 3.63) is 48.0 Å². The predicted molar refractivity (Wildman–Crippen MR) is 107 cm³/mol. The molecule has 0 bridgehead atoms. The molecule has 0 aliphatic rings. The molecule has 27 heavy (non-hydrogen) atoms. The van der Waals surface area contributed by atoms with Crippen LogP contribution in [0.15, 0.2) is 48.0 Å². The molecule has 0 aromatic carbocycles. The van der Waals surface area contributed by atoms with Crippen LogP contribution in [0.1, 0.15) is 20.3 Å². The highest BCUT2D eigenvalue weighted by Gasteiger charge is 2.21. The zero-order chi connectivity index (χ0) is 19.2. The summed E-state index contributed by atoms with van der Waals surface area (Å²) in [7, 11) is 0. The largest absolute Gasteiger partial charge is 0.322 e. The van der Waals surface area contributed by atoms with Crippen LogP contribution >= 0.6 is 23.4 Å². The SMILES string of the molecule is CCCn1c(S[C@H](C)C(=O)Nc2cccnc2Cl)nnc1-c1ccncc1. The summed E-state index contributed by atoms with van der Waals surface area (Å²) >= 11 is 7.36. The third-order valence-corrected chi connectivity index (χ3v) is 5.15. The lowest BCUT2D eigenvalue weighted by atomic mass is 10.2. The molecule has 0 spiro atoms. The molecule has 1 atom stereocenters. The highest BCUT2D eigenvalue weighted by Crippen LogP contribution is 2.28. The van der Waals surface area contributed by atoms with Gasteiger partial charge < -0.3 is 9.88 Å². The summed E-state index contributed by atoms with van der Waals surface area (Å²) in [5.74, 6) is 0.594. The first-order chi connectivity index (χ1) is 13.1. The highest BCUT2D eigenvalue weighted by atomic mass is 35.5. The molecule has 7 nitrogen and oxygen atoms in total. The molecule has 0 fully saturated rings. The summed E-state index contributed by atoms with van der Waals surface area (Å²) in [6.07, 6.45) is 5.95. The maximum Gasteiger partial charge on any atom is 0.237 e. The number of carbonyl (C=O) groups excluding carboxylic acids is 1. The fourth-order valence-electron chi connectivity index (χ4n) is 2.44. The van der Waals surface area contributed by atoms with E-state index in [4.69, 9.17) is 11.6 Å². The van der Waals surface area contributed by atoms with Gasteiger partial charge in [-0.2, -0.15) is 0 Å². The number of carbonyl (C=O) groups is 1. The molecule has 1 N–H and O–H groups in total. The number of halogens is 1. The second-order valence-electron chi connectivity index (χ2n) is 5.78. The average Bonchev–Trinajstić information content (AvgIpc) is 3.07. The van der Waals surface area contributed by atoms with E-state index >= 15 is 0 Å². The molecule has 140 valence electrons. The van der Waals surface area contributed by atoms with E-state index in [1.165, 1.54) is 11.8 Å². The molecule has 0 unspecified atom stereocenters. The van der Waals surface area contributed by atoms with Crippen molar-refractivity contribution in [1.82, 2.24) is 24.7 Å². The molecule has 9 heteroatoms. The molecule has 0 saturated carbocycles. The minimum Gasteiger partial charge on any atom is -0.322 e. The Morgan fingerprint density at radius 1 is 1.26 bits per heavy atom. The highest BCUT2D eigenvalue weighted by molar-refractivity contribution is 8.00. The van der Waals surface area contributed by atoms with Crippen LogP contribution in [0.5, 0.6) is 0 Å². The van der Waals surface area contributed by atoms with Gasteiger partial charge in [0.2, 0.25) is 5.91 Å². The van der Waals surface area contributed by atoms with Crippen LogP contribution in [0.3, 0.4) is 0 Å². The molecule has 1 amide bonds.